The average Bonchev–Trinajstić information content (AvgIpc) is 3.17. The van der Waals surface area contributed by atoms with Crippen LogP contribution in [0.1, 0.15) is 17.1 Å². The normalized spacial score (nSPS) is 11.8. The minimum absolute atomic E-state index is 0.0280. The number of hydrazone groups is 1. The zero-order valence-corrected chi connectivity index (χ0v) is 16.6. The fourth-order valence-corrected chi connectivity index (χ4v) is 2.77. The molecule has 0 unspecified atom stereocenters. The molecule has 2 aromatic heterocycles. The Morgan fingerprint density at radius 3 is 2.79 bits per heavy atom. The van der Waals surface area contributed by atoms with Crippen LogP contribution in [0, 0.1) is 13.8 Å². The highest BCUT2D eigenvalue weighted by atomic mass is 35.5. The first-order chi connectivity index (χ1) is 14.0. The first kappa shape index (κ1) is 20.2. The third-order valence-electron chi connectivity index (χ3n) is 4.02. The second-order valence-electron chi connectivity index (χ2n) is 6.17. The number of nitrogens with zero attached hydrogens (tertiary/aromatic N) is 4. The number of nitrogens with two attached hydrogens (primary N) is 1. The quantitative estimate of drug-likeness (QED) is 0.367. The number of aliphatic imine (C=N–C) groups is 1. The number of amides is 1. The van der Waals surface area contributed by atoms with E-state index in [1.165, 1.54) is 6.21 Å². The SMILES string of the molecule is Cc1ccc(N=C/C(=N\N)C(=O)NCc2cc(-c3ccccc3Cl)on2)c(C)n1. The molecule has 0 saturated carbocycles. The maximum atomic E-state index is 12.3. The number of hydrogen-bond acceptors (Lipinski definition) is 7. The largest absolute Gasteiger partial charge is 0.356 e. The lowest BCUT2D eigenvalue weighted by Gasteiger charge is -2.03. The van der Waals surface area contributed by atoms with E-state index in [0.717, 1.165) is 17.0 Å². The maximum absolute atomic E-state index is 12.3. The molecule has 0 radical (unpaired) electrons. The first-order valence-electron chi connectivity index (χ1n) is 8.73. The molecule has 0 spiro atoms. The number of aromatic nitrogens is 2. The lowest BCUT2D eigenvalue weighted by molar-refractivity contribution is -0.114. The topological polar surface area (TPSA) is 119 Å². The van der Waals surface area contributed by atoms with Gasteiger partial charge in [-0.25, -0.2) is 0 Å². The Morgan fingerprint density at radius 2 is 2.07 bits per heavy atom. The van der Waals surface area contributed by atoms with E-state index in [2.05, 4.69) is 25.6 Å². The molecule has 0 fully saturated rings. The molecule has 0 bridgehead atoms. The number of nitrogens with one attached hydrogen (secondary N) is 1. The van der Waals surface area contributed by atoms with Gasteiger partial charge in [0.25, 0.3) is 5.91 Å². The van der Waals surface area contributed by atoms with Crippen LogP contribution in [0.4, 0.5) is 5.69 Å². The summed E-state index contributed by atoms with van der Waals surface area (Å²) in [7, 11) is 0. The standard InChI is InChI=1S/C20H19ClN6O2/c1-12-7-8-17(13(2)25-12)23-11-18(26-22)20(28)24-10-14-9-19(29-27-14)15-5-3-4-6-16(15)21/h3-9,11H,10,22H2,1-2H3,(H,24,28)/b23-11?,26-18+. The summed E-state index contributed by atoms with van der Waals surface area (Å²) >= 11 is 6.15. The van der Waals surface area contributed by atoms with Crippen LogP contribution < -0.4 is 11.2 Å². The molecule has 2 heterocycles. The predicted molar refractivity (Wildman–Crippen MR) is 112 cm³/mol. The highest BCUT2D eigenvalue weighted by molar-refractivity contribution is 6.60. The Kier molecular flexibility index (Phi) is 6.36. The average molecular weight is 411 g/mol. The van der Waals surface area contributed by atoms with Gasteiger partial charge in [-0.3, -0.25) is 14.8 Å². The Morgan fingerprint density at radius 1 is 1.28 bits per heavy atom. The van der Waals surface area contributed by atoms with Crippen molar-refractivity contribution in [2.45, 2.75) is 20.4 Å². The van der Waals surface area contributed by atoms with Gasteiger partial charge in [-0.05, 0) is 38.1 Å². The van der Waals surface area contributed by atoms with E-state index >= 15 is 0 Å². The van der Waals surface area contributed by atoms with Crippen LogP contribution in [0.2, 0.25) is 5.02 Å². The molecular formula is C20H19ClN6O2. The van der Waals surface area contributed by atoms with Crippen LogP contribution in [0.3, 0.4) is 0 Å². The molecule has 0 atom stereocenters. The van der Waals surface area contributed by atoms with Gasteiger partial charge >= 0.3 is 0 Å². The summed E-state index contributed by atoms with van der Waals surface area (Å²) in [5.74, 6) is 5.36. The fraction of sp³-hybridized carbons (Fsp3) is 0.150. The van der Waals surface area contributed by atoms with E-state index < -0.39 is 5.91 Å². The van der Waals surface area contributed by atoms with Crippen LogP contribution in [0.25, 0.3) is 11.3 Å². The number of halogens is 1. The van der Waals surface area contributed by atoms with Crippen molar-refractivity contribution in [1.82, 2.24) is 15.5 Å². The van der Waals surface area contributed by atoms with Gasteiger partial charge in [0.15, 0.2) is 11.5 Å². The summed E-state index contributed by atoms with van der Waals surface area (Å²) in [6.45, 7) is 3.85. The highest BCUT2D eigenvalue weighted by Gasteiger charge is 2.13. The van der Waals surface area contributed by atoms with Gasteiger partial charge in [-0.1, -0.05) is 28.9 Å². The van der Waals surface area contributed by atoms with E-state index in [1.54, 1.807) is 12.1 Å². The monoisotopic (exact) mass is 410 g/mol. The summed E-state index contributed by atoms with van der Waals surface area (Å²) in [5, 5.41) is 10.7. The van der Waals surface area contributed by atoms with Gasteiger partial charge in [-0.2, -0.15) is 5.10 Å². The number of carbonyl (C=O) groups is 1. The number of aryl methyl sites for hydroxylation is 2. The van der Waals surface area contributed by atoms with Crippen molar-refractivity contribution in [3.05, 3.63) is 64.6 Å². The van der Waals surface area contributed by atoms with Gasteiger partial charge in [-0.15, -0.1) is 0 Å². The molecule has 29 heavy (non-hydrogen) atoms. The summed E-state index contributed by atoms with van der Waals surface area (Å²) < 4.78 is 5.30. The molecule has 8 nitrogen and oxygen atoms in total. The Labute approximate surface area is 172 Å². The number of rotatable bonds is 6. The van der Waals surface area contributed by atoms with Crippen molar-refractivity contribution in [1.29, 1.82) is 0 Å². The second-order valence-corrected chi connectivity index (χ2v) is 6.58. The molecule has 3 rings (SSSR count). The molecule has 3 aromatic rings. The van der Waals surface area contributed by atoms with Gasteiger partial charge in [0, 0.05) is 17.3 Å². The fourth-order valence-electron chi connectivity index (χ4n) is 2.54. The Balaban J connectivity index is 1.64. The summed E-state index contributed by atoms with van der Waals surface area (Å²) in [6, 6.07) is 12.6. The van der Waals surface area contributed by atoms with Crippen molar-refractivity contribution in [2.75, 3.05) is 0 Å². The molecule has 9 heteroatoms. The molecule has 0 aliphatic carbocycles. The van der Waals surface area contributed by atoms with Crippen LogP contribution in [0.5, 0.6) is 0 Å². The molecule has 1 amide bonds. The number of hydrogen-bond donors (Lipinski definition) is 2. The van der Waals surface area contributed by atoms with E-state index in [1.807, 2.05) is 44.2 Å². The van der Waals surface area contributed by atoms with Crippen LogP contribution in [-0.2, 0) is 11.3 Å². The summed E-state index contributed by atoms with van der Waals surface area (Å²) in [6.07, 6.45) is 1.30. The van der Waals surface area contributed by atoms with Crippen LogP contribution in [0.15, 0.2) is 57.1 Å². The van der Waals surface area contributed by atoms with Crippen molar-refractivity contribution in [3.63, 3.8) is 0 Å². The highest BCUT2D eigenvalue weighted by Crippen LogP contribution is 2.27. The van der Waals surface area contributed by atoms with Crippen molar-refractivity contribution in [2.24, 2.45) is 15.9 Å². The third kappa shape index (κ3) is 5.05. The van der Waals surface area contributed by atoms with Gasteiger partial charge in [0.2, 0.25) is 0 Å². The maximum Gasteiger partial charge on any atom is 0.273 e. The van der Waals surface area contributed by atoms with Crippen molar-refractivity contribution >= 4 is 35.1 Å². The van der Waals surface area contributed by atoms with E-state index in [4.69, 9.17) is 22.0 Å². The molecular weight excluding hydrogens is 392 g/mol. The Bertz CT molecular complexity index is 1090. The Hall–Kier alpha value is -3.52. The molecule has 0 aliphatic heterocycles. The van der Waals surface area contributed by atoms with Crippen molar-refractivity contribution < 1.29 is 9.32 Å². The van der Waals surface area contributed by atoms with Crippen LogP contribution in [-0.4, -0.2) is 28.0 Å². The van der Waals surface area contributed by atoms with Crippen molar-refractivity contribution in [3.8, 4) is 11.3 Å². The first-order valence-corrected chi connectivity index (χ1v) is 9.10. The molecule has 1 aromatic carbocycles. The van der Waals surface area contributed by atoms with Gasteiger partial charge in [0.1, 0.15) is 5.69 Å². The smallest absolute Gasteiger partial charge is 0.273 e. The molecule has 0 aliphatic rings. The zero-order chi connectivity index (χ0) is 20.8. The van der Waals surface area contributed by atoms with E-state index in [-0.39, 0.29) is 12.3 Å². The lowest BCUT2D eigenvalue weighted by atomic mass is 10.1. The van der Waals surface area contributed by atoms with E-state index in [0.29, 0.717) is 22.2 Å². The second kappa shape index (κ2) is 9.11. The summed E-state index contributed by atoms with van der Waals surface area (Å²) in [5.41, 5.74) is 3.48. The molecule has 0 saturated heterocycles. The zero-order valence-electron chi connectivity index (χ0n) is 15.9. The number of pyridine rings is 1. The minimum atomic E-state index is -0.490. The third-order valence-corrected chi connectivity index (χ3v) is 4.35. The minimum Gasteiger partial charge on any atom is -0.356 e. The number of carbonyl (C=O) groups excluding carboxylic acids is 1. The van der Waals surface area contributed by atoms with E-state index in [9.17, 15) is 4.79 Å². The van der Waals surface area contributed by atoms with Crippen LogP contribution >= 0.6 is 11.6 Å². The predicted octanol–water partition coefficient (Wildman–Crippen LogP) is 3.34. The number of benzene rings is 1. The summed E-state index contributed by atoms with van der Waals surface area (Å²) in [4.78, 5) is 20.9. The molecule has 3 N–H and O–H groups in total. The van der Waals surface area contributed by atoms with Gasteiger partial charge < -0.3 is 15.7 Å². The van der Waals surface area contributed by atoms with Gasteiger partial charge in [0.05, 0.1) is 29.2 Å². The lowest BCUT2D eigenvalue weighted by Crippen LogP contribution is -2.32. The molecule has 148 valence electrons.